The van der Waals surface area contributed by atoms with Crippen LogP contribution in [0.5, 0.6) is 5.75 Å². The van der Waals surface area contributed by atoms with Gasteiger partial charge in [0.15, 0.2) is 0 Å². The Kier molecular flexibility index (Phi) is 1.43. The van der Waals surface area contributed by atoms with Crippen LogP contribution in [0, 0.1) is 11.8 Å². The first-order valence-corrected chi connectivity index (χ1v) is 5.16. The lowest BCUT2D eigenvalue weighted by atomic mass is 10.0. The molecule has 0 spiro atoms. The van der Waals surface area contributed by atoms with Crippen LogP contribution in [-0.2, 0) is 0 Å². The molecule has 68 valence electrons. The molecule has 0 aliphatic heterocycles. The lowest BCUT2D eigenvalue weighted by molar-refractivity contribution is 0.464. The van der Waals surface area contributed by atoms with Gasteiger partial charge in [-0.25, -0.2) is 0 Å². The highest BCUT2D eigenvalue weighted by atomic mass is 16.3. The van der Waals surface area contributed by atoms with E-state index < -0.39 is 0 Å². The van der Waals surface area contributed by atoms with Crippen LogP contribution in [0.3, 0.4) is 0 Å². The summed E-state index contributed by atoms with van der Waals surface area (Å²) in [4.78, 5) is 0. The first-order valence-electron chi connectivity index (χ1n) is 5.16. The molecule has 0 radical (unpaired) electrons. The summed E-state index contributed by atoms with van der Waals surface area (Å²) in [5, 5.41) is 9.68. The molecular formula is C12H14O. The molecule has 2 fully saturated rings. The van der Waals surface area contributed by atoms with Crippen LogP contribution in [0.25, 0.3) is 0 Å². The van der Waals surface area contributed by atoms with Gasteiger partial charge in [-0.15, -0.1) is 0 Å². The Morgan fingerprint density at radius 2 is 1.77 bits per heavy atom. The standard InChI is InChI=1S/C12H14O/c13-11-7-2-1-4-10(11)12-8-5-3-6-9(8)12/h1-2,4,7-9,12-13H,3,5-6H2. The number of rotatable bonds is 1. The van der Waals surface area contributed by atoms with Crippen molar-refractivity contribution in [2.75, 3.05) is 0 Å². The van der Waals surface area contributed by atoms with E-state index in [1.165, 1.54) is 24.8 Å². The molecule has 0 saturated heterocycles. The molecule has 1 heteroatoms. The third kappa shape index (κ3) is 0.995. The first-order chi connectivity index (χ1) is 6.38. The molecule has 1 N–H and O–H groups in total. The minimum atomic E-state index is 0.502. The second-order valence-electron chi connectivity index (χ2n) is 4.34. The molecule has 2 aliphatic rings. The summed E-state index contributed by atoms with van der Waals surface area (Å²) < 4.78 is 0. The maximum Gasteiger partial charge on any atom is 0.119 e. The van der Waals surface area contributed by atoms with Crippen LogP contribution in [0.1, 0.15) is 30.7 Å². The number of phenols is 1. The number of benzene rings is 1. The summed E-state index contributed by atoms with van der Waals surface area (Å²) in [5.41, 5.74) is 1.19. The molecule has 2 saturated carbocycles. The highest BCUT2D eigenvalue weighted by Crippen LogP contribution is 2.64. The molecule has 3 rings (SSSR count). The molecule has 1 aromatic carbocycles. The average molecular weight is 174 g/mol. The van der Waals surface area contributed by atoms with Crippen molar-refractivity contribution < 1.29 is 5.11 Å². The van der Waals surface area contributed by atoms with Crippen LogP contribution in [0.15, 0.2) is 24.3 Å². The fourth-order valence-corrected chi connectivity index (χ4v) is 3.05. The van der Waals surface area contributed by atoms with Crippen molar-refractivity contribution in [2.24, 2.45) is 11.8 Å². The van der Waals surface area contributed by atoms with E-state index in [-0.39, 0.29) is 0 Å². The van der Waals surface area contributed by atoms with Gasteiger partial charge < -0.3 is 5.11 Å². The normalized spacial score (nSPS) is 35.8. The monoisotopic (exact) mass is 174 g/mol. The van der Waals surface area contributed by atoms with Crippen molar-refractivity contribution in [1.29, 1.82) is 0 Å². The number of hydrogen-bond donors (Lipinski definition) is 1. The van der Waals surface area contributed by atoms with Crippen molar-refractivity contribution in [3.63, 3.8) is 0 Å². The zero-order valence-corrected chi connectivity index (χ0v) is 7.61. The third-order valence-corrected chi connectivity index (χ3v) is 3.70. The van der Waals surface area contributed by atoms with Crippen LogP contribution in [-0.4, -0.2) is 5.11 Å². The van der Waals surface area contributed by atoms with Gasteiger partial charge in [0.25, 0.3) is 0 Å². The summed E-state index contributed by atoms with van der Waals surface area (Å²) in [7, 11) is 0. The second kappa shape index (κ2) is 2.50. The third-order valence-electron chi connectivity index (χ3n) is 3.70. The molecule has 0 bridgehead atoms. The van der Waals surface area contributed by atoms with Gasteiger partial charge in [0, 0.05) is 0 Å². The fraction of sp³-hybridized carbons (Fsp3) is 0.500. The molecule has 0 heterocycles. The number of aromatic hydroxyl groups is 1. The molecule has 2 atom stereocenters. The minimum absolute atomic E-state index is 0.502. The Morgan fingerprint density at radius 3 is 2.46 bits per heavy atom. The first kappa shape index (κ1) is 7.43. The van der Waals surface area contributed by atoms with Gasteiger partial charge in [-0.2, -0.15) is 0 Å². The smallest absolute Gasteiger partial charge is 0.119 e. The van der Waals surface area contributed by atoms with Crippen LogP contribution in [0.2, 0.25) is 0 Å². The number of phenolic OH excluding ortho intramolecular Hbond substituents is 1. The second-order valence-corrected chi connectivity index (χ2v) is 4.34. The Labute approximate surface area is 78.4 Å². The van der Waals surface area contributed by atoms with Gasteiger partial charge in [0.05, 0.1) is 0 Å². The largest absolute Gasteiger partial charge is 0.508 e. The van der Waals surface area contributed by atoms with E-state index in [0.29, 0.717) is 11.7 Å². The summed E-state index contributed by atoms with van der Waals surface area (Å²) in [5.74, 6) is 2.98. The number of hydrogen-bond acceptors (Lipinski definition) is 1. The Bertz CT molecular complexity index is 322. The average Bonchev–Trinajstić information content (AvgIpc) is 2.61. The Balaban J connectivity index is 1.91. The number of para-hydroxylation sites is 1. The van der Waals surface area contributed by atoms with E-state index in [4.69, 9.17) is 0 Å². The lowest BCUT2D eigenvalue weighted by Crippen LogP contribution is -1.87. The lowest BCUT2D eigenvalue weighted by Gasteiger charge is -2.05. The molecule has 2 unspecified atom stereocenters. The maximum absolute atomic E-state index is 9.68. The quantitative estimate of drug-likeness (QED) is 0.694. The SMILES string of the molecule is Oc1ccccc1C1C2CCCC21. The van der Waals surface area contributed by atoms with E-state index in [0.717, 1.165) is 11.8 Å². The van der Waals surface area contributed by atoms with Gasteiger partial charge in [-0.3, -0.25) is 0 Å². The van der Waals surface area contributed by atoms with Gasteiger partial charge in [0.1, 0.15) is 5.75 Å². The van der Waals surface area contributed by atoms with Crippen molar-refractivity contribution in [3.8, 4) is 5.75 Å². The molecule has 0 amide bonds. The number of fused-ring (bicyclic) bond motifs is 1. The predicted octanol–water partition coefficient (Wildman–Crippen LogP) is 2.91. The van der Waals surface area contributed by atoms with Crippen molar-refractivity contribution in [3.05, 3.63) is 29.8 Å². The van der Waals surface area contributed by atoms with Crippen LogP contribution >= 0.6 is 0 Å². The van der Waals surface area contributed by atoms with E-state index >= 15 is 0 Å². The van der Waals surface area contributed by atoms with Gasteiger partial charge in [-0.1, -0.05) is 24.6 Å². The molecule has 0 aromatic heterocycles. The van der Waals surface area contributed by atoms with E-state index in [1.807, 2.05) is 18.2 Å². The Hall–Kier alpha value is -0.980. The van der Waals surface area contributed by atoms with E-state index in [2.05, 4.69) is 6.07 Å². The molecule has 1 nitrogen and oxygen atoms in total. The molecule has 2 aliphatic carbocycles. The minimum Gasteiger partial charge on any atom is -0.508 e. The van der Waals surface area contributed by atoms with Crippen molar-refractivity contribution >= 4 is 0 Å². The zero-order valence-electron chi connectivity index (χ0n) is 7.61. The highest BCUT2D eigenvalue weighted by molar-refractivity contribution is 5.40. The zero-order chi connectivity index (χ0) is 8.84. The topological polar surface area (TPSA) is 20.2 Å². The van der Waals surface area contributed by atoms with Crippen LogP contribution in [0.4, 0.5) is 0 Å². The van der Waals surface area contributed by atoms with Crippen LogP contribution < -0.4 is 0 Å². The molecular weight excluding hydrogens is 160 g/mol. The highest BCUT2D eigenvalue weighted by Gasteiger charge is 2.53. The molecule has 13 heavy (non-hydrogen) atoms. The van der Waals surface area contributed by atoms with E-state index in [1.54, 1.807) is 0 Å². The summed E-state index contributed by atoms with van der Waals surface area (Å²) >= 11 is 0. The summed E-state index contributed by atoms with van der Waals surface area (Å²) in [6.45, 7) is 0. The maximum atomic E-state index is 9.68. The van der Waals surface area contributed by atoms with Crippen molar-refractivity contribution in [2.45, 2.75) is 25.2 Å². The Morgan fingerprint density at radius 1 is 1.08 bits per heavy atom. The summed E-state index contributed by atoms with van der Waals surface area (Å²) in [6.07, 6.45) is 4.16. The van der Waals surface area contributed by atoms with Crippen molar-refractivity contribution in [1.82, 2.24) is 0 Å². The predicted molar refractivity (Wildman–Crippen MR) is 51.7 cm³/mol. The fourth-order valence-electron chi connectivity index (χ4n) is 3.05. The summed E-state index contributed by atoms with van der Waals surface area (Å²) in [6, 6.07) is 7.82. The van der Waals surface area contributed by atoms with Gasteiger partial charge in [-0.05, 0) is 42.2 Å². The van der Waals surface area contributed by atoms with E-state index in [9.17, 15) is 5.11 Å². The van der Waals surface area contributed by atoms with Gasteiger partial charge in [0.2, 0.25) is 0 Å². The molecule has 1 aromatic rings. The van der Waals surface area contributed by atoms with Gasteiger partial charge >= 0.3 is 0 Å².